The quantitative estimate of drug-likeness (QED) is 0.557. The maximum Gasteiger partial charge on any atom is 0.262 e. The molecule has 0 spiro atoms. The minimum atomic E-state index is -0.209. The maximum atomic E-state index is 12.2. The number of anilines is 1. The lowest BCUT2D eigenvalue weighted by Gasteiger charge is -2.23. The Labute approximate surface area is 162 Å². The van der Waals surface area contributed by atoms with Crippen LogP contribution in [0.25, 0.3) is 0 Å². The highest BCUT2D eigenvalue weighted by Crippen LogP contribution is 2.28. The van der Waals surface area contributed by atoms with Gasteiger partial charge < -0.3 is 14.8 Å². The molecule has 0 heterocycles. The van der Waals surface area contributed by atoms with Gasteiger partial charge in [-0.2, -0.15) is 0 Å². The summed E-state index contributed by atoms with van der Waals surface area (Å²) in [5, 5.41) is 2.86. The van der Waals surface area contributed by atoms with E-state index >= 15 is 0 Å². The molecule has 0 aliphatic rings. The molecule has 0 aromatic heterocycles. The van der Waals surface area contributed by atoms with Crippen LogP contribution in [0, 0.1) is 0 Å². The van der Waals surface area contributed by atoms with Crippen molar-refractivity contribution >= 4 is 11.6 Å². The Morgan fingerprint density at radius 2 is 1.70 bits per heavy atom. The van der Waals surface area contributed by atoms with Gasteiger partial charge in [0, 0.05) is 0 Å². The second-order valence-corrected chi connectivity index (χ2v) is 7.30. The fourth-order valence-electron chi connectivity index (χ4n) is 2.56. The third kappa shape index (κ3) is 6.31. The molecule has 0 unspecified atom stereocenters. The smallest absolute Gasteiger partial charge is 0.262 e. The molecule has 2 aromatic rings. The van der Waals surface area contributed by atoms with E-state index in [0.717, 1.165) is 19.3 Å². The van der Waals surface area contributed by atoms with Gasteiger partial charge in [-0.15, -0.1) is 0 Å². The molecule has 1 amide bonds. The van der Waals surface area contributed by atoms with Crippen LogP contribution >= 0.6 is 0 Å². The Bertz CT molecular complexity index is 723. The molecule has 4 heteroatoms. The molecular formula is C23H31NO3. The molecule has 0 atom stereocenters. The van der Waals surface area contributed by atoms with E-state index < -0.39 is 0 Å². The van der Waals surface area contributed by atoms with Crippen molar-refractivity contribution in [3.05, 3.63) is 54.1 Å². The maximum absolute atomic E-state index is 12.2. The molecule has 4 nitrogen and oxygen atoms in total. The van der Waals surface area contributed by atoms with E-state index in [9.17, 15) is 4.79 Å². The van der Waals surface area contributed by atoms with Crippen molar-refractivity contribution in [3.8, 4) is 11.5 Å². The zero-order valence-corrected chi connectivity index (χ0v) is 16.9. The Morgan fingerprint density at radius 1 is 1.00 bits per heavy atom. The number of para-hydroxylation sites is 2. The largest absolute Gasteiger partial charge is 0.491 e. The van der Waals surface area contributed by atoms with Crippen LogP contribution in [0.3, 0.4) is 0 Å². The molecule has 27 heavy (non-hydrogen) atoms. The number of unbranched alkanes of at least 4 members (excludes halogenated alkanes) is 1. The van der Waals surface area contributed by atoms with E-state index in [1.807, 2.05) is 36.4 Å². The minimum Gasteiger partial charge on any atom is -0.491 e. The molecule has 0 saturated heterocycles. The van der Waals surface area contributed by atoms with E-state index in [2.05, 4.69) is 45.1 Å². The van der Waals surface area contributed by atoms with Crippen molar-refractivity contribution in [2.75, 3.05) is 18.5 Å². The second kappa shape index (κ2) is 10.0. The topological polar surface area (TPSA) is 47.6 Å². The normalized spacial score (nSPS) is 11.1. The van der Waals surface area contributed by atoms with Crippen molar-refractivity contribution in [1.29, 1.82) is 0 Å². The average Bonchev–Trinajstić information content (AvgIpc) is 2.68. The van der Waals surface area contributed by atoms with E-state index in [0.29, 0.717) is 23.8 Å². The molecule has 1 N–H and O–H groups in total. The predicted octanol–water partition coefficient (Wildman–Crippen LogP) is 5.57. The van der Waals surface area contributed by atoms with Crippen LogP contribution in [0.15, 0.2) is 48.5 Å². The lowest BCUT2D eigenvalue weighted by atomic mass is 9.82. The first-order valence-electron chi connectivity index (χ1n) is 9.71. The molecule has 2 aromatic carbocycles. The zero-order chi connectivity index (χ0) is 19.7. The summed E-state index contributed by atoms with van der Waals surface area (Å²) in [4.78, 5) is 12.2. The fraction of sp³-hybridized carbons (Fsp3) is 0.435. The summed E-state index contributed by atoms with van der Waals surface area (Å²) in [5.74, 6) is 1.17. The SMILES string of the molecule is CCCCOc1ccccc1NC(=O)COc1ccc(C(C)(C)CC)cc1. The van der Waals surface area contributed by atoms with Gasteiger partial charge in [-0.05, 0) is 48.1 Å². The van der Waals surface area contributed by atoms with E-state index in [-0.39, 0.29) is 17.9 Å². The molecule has 0 saturated carbocycles. The highest BCUT2D eigenvalue weighted by atomic mass is 16.5. The van der Waals surface area contributed by atoms with Crippen LogP contribution in [-0.2, 0) is 10.2 Å². The first-order chi connectivity index (χ1) is 13.0. The van der Waals surface area contributed by atoms with Gasteiger partial charge in [0.25, 0.3) is 5.91 Å². The highest BCUT2D eigenvalue weighted by molar-refractivity contribution is 5.93. The van der Waals surface area contributed by atoms with Crippen LogP contribution in [0.5, 0.6) is 11.5 Å². The van der Waals surface area contributed by atoms with Crippen LogP contribution in [0.2, 0.25) is 0 Å². The Morgan fingerprint density at radius 3 is 2.37 bits per heavy atom. The Balaban J connectivity index is 1.90. The molecular weight excluding hydrogens is 338 g/mol. The second-order valence-electron chi connectivity index (χ2n) is 7.30. The van der Waals surface area contributed by atoms with Gasteiger partial charge in [0.05, 0.1) is 12.3 Å². The number of hydrogen-bond acceptors (Lipinski definition) is 3. The van der Waals surface area contributed by atoms with E-state index in [1.165, 1.54) is 5.56 Å². The van der Waals surface area contributed by atoms with Crippen molar-refractivity contribution < 1.29 is 14.3 Å². The van der Waals surface area contributed by atoms with Gasteiger partial charge in [0.15, 0.2) is 6.61 Å². The molecule has 0 radical (unpaired) electrons. The van der Waals surface area contributed by atoms with Gasteiger partial charge in [-0.3, -0.25) is 4.79 Å². The summed E-state index contributed by atoms with van der Waals surface area (Å²) in [6.07, 6.45) is 3.11. The third-order valence-electron chi connectivity index (χ3n) is 4.81. The predicted molar refractivity (Wildman–Crippen MR) is 111 cm³/mol. The monoisotopic (exact) mass is 369 g/mol. The van der Waals surface area contributed by atoms with E-state index in [4.69, 9.17) is 9.47 Å². The van der Waals surface area contributed by atoms with Gasteiger partial charge in [0.2, 0.25) is 0 Å². The summed E-state index contributed by atoms with van der Waals surface area (Å²) in [6.45, 7) is 9.33. The van der Waals surface area contributed by atoms with Crippen molar-refractivity contribution in [2.24, 2.45) is 0 Å². The molecule has 0 fully saturated rings. The van der Waals surface area contributed by atoms with Gasteiger partial charge in [-0.25, -0.2) is 0 Å². The number of ether oxygens (including phenoxy) is 2. The lowest BCUT2D eigenvalue weighted by molar-refractivity contribution is -0.118. The van der Waals surface area contributed by atoms with Crippen molar-refractivity contribution in [3.63, 3.8) is 0 Å². The molecule has 0 aliphatic carbocycles. The van der Waals surface area contributed by atoms with Crippen LogP contribution < -0.4 is 14.8 Å². The van der Waals surface area contributed by atoms with Crippen LogP contribution in [0.1, 0.15) is 52.5 Å². The van der Waals surface area contributed by atoms with Crippen molar-refractivity contribution in [2.45, 2.75) is 52.4 Å². The minimum absolute atomic E-state index is 0.0419. The van der Waals surface area contributed by atoms with Gasteiger partial charge >= 0.3 is 0 Å². The average molecular weight is 370 g/mol. The third-order valence-corrected chi connectivity index (χ3v) is 4.81. The number of nitrogens with one attached hydrogen (secondary N) is 1. The first kappa shape index (κ1) is 20.8. The van der Waals surface area contributed by atoms with Crippen LogP contribution in [0.4, 0.5) is 5.69 Å². The number of amides is 1. The fourth-order valence-corrected chi connectivity index (χ4v) is 2.56. The standard InChI is InChI=1S/C23H31NO3/c1-5-7-16-26-21-11-9-8-10-20(21)24-22(25)17-27-19-14-12-18(13-15-19)23(3,4)6-2/h8-15H,5-7,16-17H2,1-4H3,(H,24,25). The zero-order valence-electron chi connectivity index (χ0n) is 16.9. The first-order valence-corrected chi connectivity index (χ1v) is 9.71. The molecule has 0 aliphatic heterocycles. The number of hydrogen-bond donors (Lipinski definition) is 1. The Hall–Kier alpha value is -2.49. The van der Waals surface area contributed by atoms with Gasteiger partial charge in [-0.1, -0.05) is 58.4 Å². The number of rotatable bonds is 10. The number of benzene rings is 2. The molecule has 0 bridgehead atoms. The number of carbonyl (C=O) groups excluding carboxylic acids is 1. The van der Waals surface area contributed by atoms with E-state index in [1.54, 1.807) is 0 Å². The lowest BCUT2D eigenvalue weighted by Crippen LogP contribution is -2.21. The van der Waals surface area contributed by atoms with Gasteiger partial charge in [0.1, 0.15) is 11.5 Å². The Kier molecular flexibility index (Phi) is 7.71. The summed E-state index contributed by atoms with van der Waals surface area (Å²) >= 11 is 0. The highest BCUT2D eigenvalue weighted by Gasteiger charge is 2.17. The van der Waals surface area contributed by atoms with Crippen molar-refractivity contribution in [1.82, 2.24) is 0 Å². The summed E-state index contributed by atoms with van der Waals surface area (Å²) in [5.41, 5.74) is 2.07. The van der Waals surface area contributed by atoms with Crippen LogP contribution in [-0.4, -0.2) is 19.1 Å². The number of carbonyl (C=O) groups is 1. The summed E-state index contributed by atoms with van der Waals surface area (Å²) < 4.78 is 11.4. The summed E-state index contributed by atoms with van der Waals surface area (Å²) in [6, 6.07) is 15.4. The molecule has 146 valence electrons. The summed E-state index contributed by atoms with van der Waals surface area (Å²) in [7, 11) is 0. The molecule has 2 rings (SSSR count).